The van der Waals surface area contributed by atoms with E-state index >= 15 is 0 Å². The summed E-state index contributed by atoms with van der Waals surface area (Å²) in [7, 11) is 0. The van der Waals surface area contributed by atoms with Crippen LogP contribution in [0.1, 0.15) is 252 Å². The predicted molar refractivity (Wildman–Crippen MR) is 226 cm³/mol. The van der Waals surface area contributed by atoms with Crippen LogP contribution in [-0.4, -0.2) is 48.3 Å². The van der Waals surface area contributed by atoms with E-state index in [0.29, 0.717) is 25.7 Å². The van der Waals surface area contributed by atoms with Crippen LogP contribution in [0.15, 0.2) is 0 Å². The van der Waals surface area contributed by atoms with E-state index in [1.807, 2.05) is 6.92 Å². The van der Waals surface area contributed by atoms with Crippen LogP contribution in [0.5, 0.6) is 0 Å². The summed E-state index contributed by atoms with van der Waals surface area (Å²) in [6.07, 6.45) is 38.5. The van der Waals surface area contributed by atoms with E-state index in [2.05, 4.69) is 13.8 Å². The van der Waals surface area contributed by atoms with Gasteiger partial charge in [-0.15, -0.1) is 0 Å². The van der Waals surface area contributed by atoms with Crippen molar-refractivity contribution in [3.63, 3.8) is 0 Å². The number of esters is 3. The van der Waals surface area contributed by atoms with Crippen LogP contribution >= 0.6 is 0 Å². The Hall–Kier alpha value is -2.12. The lowest BCUT2D eigenvalue weighted by molar-refractivity contribution is -0.169. The maximum Gasteiger partial charge on any atom is 0.309 e. The molecule has 0 fully saturated rings. The first kappa shape index (κ1) is 52.9. The van der Waals surface area contributed by atoms with Crippen molar-refractivity contribution in [3.8, 4) is 0 Å². The second kappa shape index (κ2) is 41.5. The standard InChI is InChI=1S/C47H88O8/c1-4-6-8-10-12-14-16-18-20-22-24-30-34-38-45(50)53-40-43(55-47(52)42(3)36-32-28-26-27-29-33-37-44(48)49)41-54-46(51)39-35-31-25-23-21-19-17-15-13-11-9-7-5-2/h42-43H,4-41H2,1-3H3,(H,48,49). The van der Waals surface area contributed by atoms with Crippen molar-refractivity contribution >= 4 is 23.9 Å². The predicted octanol–water partition coefficient (Wildman–Crippen LogP) is 13.8. The van der Waals surface area contributed by atoms with Gasteiger partial charge in [-0.1, -0.05) is 207 Å². The number of hydrogen-bond donors (Lipinski definition) is 1. The molecule has 1 N–H and O–H groups in total. The van der Waals surface area contributed by atoms with Gasteiger partial charge in [0.25, 0.3) is 0 Å². The summed E-state index contributed by atoms with van der Waals surface area (Å²) in [5, 5.41) is 8.77. The number of aliphatic carboxylic acids is 1. The number of unbranched alkanes of at least 4 members (excludes halogenated alkanes) is 29. The SMILES string of the molecule is CCCCCCCCCCCCCCCC(=O)OCC(COC(=O)CCCCCCCCCCCCCCC)OC(=O)C(C)CCCCCCCCC(=O)O. The molecular weight excluding hydrogens is 693 g/mol. The Labute approximate surface area is 338 Å². The number of hydrogen-bond acceptors (Lipinski definition) is 7. The molecule has 0 rings (SSSR count). The number of ether oxygens (including phenoxy) is 3. The monoisotopic (exact) mass is 781 g/mol. The summed E-state index contributed by atoms with van der Waals surface area (Å²) < 4.78 is 16.8. The van der Waals surface area contributed by atoms with Crippen LogP contribution in [-0.2, 0) is 33.4 Å². The second-order valence-corrected chi connectivity index (χ2v) is 16.4. The quantitative estimate of drug-likeness (QED) is 0.0369. The summed E-state index contributed by atoms with van der Waals surface area (Å²) in [5.41, 5.74) is 0. The Morgan fingerprint density at radius 1 is 0.418 bits per heavy atom. The highest BCUT2D eigenvalue weighted by atomic mass is 16.6. The van der Waals surface area contributed by atoms with Crippen LogP contribution in [0.3, 0.4) is 0 Å². The molecule has 0 radical (unpaired) electrons. The molecule has 0 aromatic carbocycles. The molecule has 0 aliphatic carbocycles. The zero-order chi connectivity index (χ0) is 40.5. The summed E-state index contributed by atoms with van der Waals surface area (Å²) in [5.74, 6) is -2.05. The fraction of sp³-hybridized carbons (Fsp3) is 0.915. The molecule has 0 amide bonds. The lowest BCUT2D eigenvalue weighted by atomic mass is 10.0. The van der Waals surface area contributed by atoms with E-state index in [-0.39, 0.29) is 43.5 Å². The molecule has 0 bridgehead atoms. The zero-order valence-corrected chi connectivity index (χ0v) is 36.3. The van der Waals surface area contributed by atoms with Crippen LogP contribution in [0, 0.1) is 5.92 Å². The maximum absolute atomic E-state index is 13.0. The molecule has 0 aromatic heterocycles. The van der Waals surface area contributed by atoms with Gasteiger partial charge in [0.15, 0.2) is 6.10 Å². The first-order valence-electron chi connectivity index (χ1n) is 23.5. The normalized spacial score (nSPS) is 11.9. The summed E-state index contributed by atoms with van der Waals surface area (Å²) >= 11 is 0. The number of carboxylic acid groups (broad SMARTS) is 1. The van der Waals surface area contributed by atoms with Crippen LogP contribution in [0.4, 0.5) is 0 Å². The molecule has 1 atom stereocenters. The van der Waals surface area contributed by atoms with Gasteiger partial charge in [0, 0.05) is 19.3 Å². The van der Waals surface area contributed by atoms with Crippen molar-refractivity contribution in [2.75, 3.05) is 13.2 Å². The topological polar surface area (TPSA) is 116 Å². The molecule has 0 saturated heterocycles. The van der Waals surface area contributed by atoms with Crippen LogP contribution in [0.2, 0.25) is 0 Å². The minimum atomic E-state index is -0.824. The van der Waals surface area contributed by atoms with Gasteiger partial charge in [-0.25, -0.2) is 0 Å². The van der Waals surface area contributed by atoms with E-state index in [1.165, 1.54) is 128 Å². The summed E-state index contributed by atoms with van der Waals surface area (Å²) in [6, 6.07) is 0. The first-order valence-corrected chi connectivity index (χ1v) is 23.5. The molecule has 0 aliphatic rings. The van der Waals surface area contributed by atoms with Crippen molar-refractivity contribution in [2.45, 2.75) is 258 Å². The lowest BCUT2D eigenvalue weighted by Crippen LogP contribution is -2.32. The number of carbonyl (C=O) groups excluding carboxylic acids is 3. The Kier molecular flexibility index (Phi) is 39.9. The highest BCUT2D eigenvalue weighted by molar-refractivity contribution is 5.72. The summed E-state index contributed by atoms with van der Waals surface area (Å²) in [6.45, 7) is 6.13. The highest BCUT2D eigenvalue weighted by Gasteiger charge is 2.23. The van der Waals surface area contributed by atoms with Crippen molar-refractivity contribution in [1.29, 1.82) is 0 Å². The zero-order valence-electron chi connectivity index (χ0n) is 36.3. The largest absolute Gasteiger partial charge is 0.481 e. The molecule has 8 nitrogen and oxygen atoms in total. The molecule has 0 aromatic rings. The molecule has 0 saturated carbocycles. The van der Waals surface area contributed by atoms with Crippen molar-refractivity contribution in [1.82, 2.24) is 0 Å². The van der Waals surface area contributed by atoms with E-state index in [1.54, 1.807) is 0 Å². The first-order chi connectivity index (χ1) is 26.8. The van der Waals surface area contributed by atoms with Crippen LogP contribution in [0.25, 0.3) is 0 Å². The van der Waals surface area contributed by atoms with E-state index in [0.717, 1.165) is 70.6 Å². The van der Waals surface area contributed by atoms with Gasteiger partial charge in [0.1, 0.15) is 13.2 Å². The number of carboxylic acids is 1. The molecule has 55 heavy (non-hydrogen) atoms. The van der Waals surface area contributed by atoms with Crippen molar-refractivity contribution in [3.05, 3.63) is 0 Å². The minimum Gasteiger partial charge on any atom is -0.481 e. The molecule has 324 valence electrons. The van der Waals surface area contributed by atoms with Gasteiger partial charge in [-0.3, -0.25) is 19.2 Å². The molecule has 0 aliphatic heterocycles. The molecule has 8 heteroatoms. The van der Waals surface area contributed by atoms with Gasteiger partial charge >= 0.3 is 23.9 Å². The Morgan fingerprint density at radius 2 is 0.709 bits per heavy atom. The van der Waals surface area contributed by atoms with Gasteiger partial charge < -0.3 is 19.3 Å². The maximum atomic E-state index is 13.0. The fourth-order valence-corrected chi connectivity index (χ4v) is 7.04. The molecular formula is C47H88O8. The molecule has 0 spiro atoms. The lowest BCUT2D eigenvalue weighted by Gasteiger charge is -2.20. The minimum absolute atomic E-state index is 0.113. The molecule has 1 unspecified atom stereocenters. The summed E-state index contributed by atoms with van der Waals surface area (Å²) in [4.78, 5) is 48.8. The number of rotatable bonds is 43. The molecule has 0 heterocycles. The van der Waals surface area contributed by atoms with E-state index in [4.69, 9.17) is 19.3 Å². The van der Waals surface area contributed by atoms with Gasteiger partial charge in [0.2, 0.25) is 0 Å². The Morgan fingerprint density at radius 3 is 1.04 bits per heavy atom. The van der Waals surface area contributed by atoms with Crippen molar-refractivity contribution in [2.24, 2.45) is 5.92 Å². The fourth-order valence-electron chi connectivity index (χ4n) is 7.04. The Balaban J connectivity index is 4.42. The third-order valence-electron chi connectivity index (χ3n) is 10.8. The highest BCUT2D eigenvalue weighted by Crippen LogP contribution is 2.17. The Bertz CT molecular complexity index is 844. The van der Waals surface area contributed by atoms with E-state index in [9.17, 15) is 19.2 Å². The third kappa shape index (κ3) is 39.9. The second-order valence-electron chi connectivity index (χ2n) is 16.4. The van der Waals surface area contributed by atoms with Gasteiger partial charge in [-0.2, -0.15) is 0 Å². The van der Waals surface area contributed by atoms with Gasteiger partial charge in [0.05, 0.1) is 5.92 Å². The van der Waals surface area contributed by atoms with E-state index < -0.39 is 12.1 Å². The average molecular weight is 781 g/mol. The third-order valence-corrected chi connectivity index (χ3v) is 10.8. The number of carbonyl (C=O) groups is 4. The van der Waals surface area contributed by atoms with Crippen LogP contribution < -0.4 is 0 Å². The average Bonchev–Trinajstić information content (AvgIpc) is 3.17. The smallest absolute Gasteiger partial charge is 0.309 e. The van der Waals surface area contributed by atoms with Crippen molar-refractivity contribution < 1.29 is 38.5 Å². The van der Waals surface area contributed by atoms with Gasteiger partial charge in [-0.05, 0) is 25.7 Å².